The van der Waals surface area contributed by atoms with Gasteiger partial charge in [-0.3, -0.25) is 4.98 Å². The van der Waals surface area contributed by atoms with Gasteiger partial charge in [-0.25, -0.2) is 0 Å². The minimum Gasteiger partial charge on any atom is -0.489 e. The highest BCUT2D eigenvalue weighted by Gasteiger charge is 2.25. The van der Waals surface area contributed by atoms with Crippen LogP contribution in [0.2, 0.25) is 0 Å². The molecule has 2 N–H and O–H groups in total. The van der Waals surface area contributed by atoms with E-state index in [4.69, 9.17) is 10.5 Å². The van der Waals surface area contributed by atoms with Crippen LogP contribution >= 0.6 is 15.9 Å². The second-order valence-electron chi connectivity index (χ2n) is 4.10. The number of anilines is 1. The van der Waals surface area contributed by atoms with E-state index in [-0.39, 0.29) is 0 Å². The average molecular weight is 286 g/mol. The smallest absolute Gasteiger partial charge is 0.159 e. The number of hydrogen-bond donors (Lipinski definition) is 1. The van der Waals surface area contributed by atoms with E-state index in [0.717, 1.165) is 17.1 Å². The van der Waals surface area contributed by atoms with Crippen molar-refractivity contribution in [3.63, 3.8) is 0 Å². The Morgan fingerprint density at radius 1 is 1.56 bits per heavy atom. The van der Waals surface area contributed by atoms with Crippen LogP contribution in [0.5, 0.6) is 5.75 Å². The molecule has 1 aromatic rings. The monoisotopic (exact) mass is 285 g/mol. The van der Waals surface area contributed by atoms with Crippen LogP contribution in [-0.4, -0.2) is 36.1 Å². The lowest BCUT2D eigenvalue weighted by atomic mass is 10.4. The predicted octanol–water partition coefficient (Wildman–Crippen LogP) is 1.90. The zero-order valence-corrected chi connectivity index (χ0v) is 10.9. The Labute approximate surface area is 104 Å². The summed E-state index contributed by atoms with van der Waals surface area (Å²) in [4.78, 5) is 6.29. The molecule has 4 nitrogen and oxygen atoms in total. The first-order chi connectivity index (χ1) is 7.68. The van der Waals surface area contributed by atoms with Crippen molar-refractivity contribution in [3.05, 3.63) is 16.9 Å². The van der Waals surface area contributed by atoms with Gasteiger partial charge in [-0.15, -0.1) is 0 Å². The van der Waals surface area contributed by atoms with Crippen molar-refractivity contribution < 1.29 is 4.74 Å². The van der Waals surface area contributed by atoms with Gasteiger partial charge >= 0.3 is 0 Å². The third-order valence-electron chi connectivity index (χ3n) is 2.74. The minimum absolute atomic E-state index is 0.573. The van der Waals surface area contributed by atoms with Gasteiger partial charge in [-0.05, 0) is 35.8 Å². The summed E-state index contributed by atoms with van der Waals surface area (Å²) in [6.07, 6.45) is 5.93. The molecule has 16 heavy (non-hydrogen) atoms. The summed E-state index contributed by atoms with van der Waals surface area (Å²) in [7, 11) is 2.13. The van der Waals surface area contributed by atoms with Crippen molar-refractivity contribution in [1.82, 2.24) is 9.88 Å². The third-order valence-corrected chi connectivity index (χ3v) is 3.31. The number of halogens is 1. The molecule has 0 bridgehead atoms. The summed E-state index contributed by atoms with van der Waals surface area (Å²) in [5.41, 5.74) is 6.35. The number of hydrogen-bond acceptors (Lipinski definition) is 4. The first-order valence-corrected chi connectivity index (χ1v) is 6.20. The van der Waals surface area contributed by atoms with Crippen LogP contribution < -0.4 is 10.5 Å². The lowest BCUT2D eigenvalue weighted by molar-refractivity contribution is 0.231. The molecule has 0 aliphatic heterocycles. The number of likely N-dealkylation sites (N-methyl/N-ethyl adjacent to an activating group) is 1. The Morgan fingerprint density at radius 3 is 2.94 bits per heavy atom. The minimum atomic E-state index is 0.573. The van der Waals surface area contributed by atoms with E-state index >= 15 is 0 Å². The van der Waals surface area contributed by atoms with Gasteiger partial charge in [0.1, 0.15) is 6.61 Å². The molecule has 1 aliphatic carbocycles. The molecule has 0 amide bonds. The fourth-order valence-electron chi connectivity index (χ4n) is 1.58. The third kappa shape index (κ3) is 2.86. The molecule has 0 radical (unpaired) electrons. The Hall–Kier alpha value is -0.810. The second-order valence-corrected chi connectivity index (χ2v) is 4.95. The molecular formula is C11H16BrN3O. The highest BCUT2D eigenvalue weighted by atomic mass is 79.9. The second kappa shape index (κ2) is 5.01. The van der Waals surface area contributed by atoms with Crippen molar-refractivity contribution in [2.24, 2.45) is 0 Å². The Morgan fingerprint density at radius 2 is 2.31 bits per heavy atom. The first kappa shape index (κ1) is 11.7. The van der Waals surface area contributed by atoms with E-state index < -0.39 is 0 Å². The first-order valence-electron chi connectivity index (χ1n) is 5.40. The van der Waals surface area contributed by atoms with E-state index in [0.29, 0.717) is 18.0 Å². The van der Waals surface area contributed by atoms with Gasteiger partial charge in [0.2, 0.25) is 0 Å². The van der Waals surface area contributed by atoms with Crippen molar-refractivity contribution in [2.45, 2.75) is 18.9 Å². The standard InChI is InChI=1S/C11H16BrN3O/c1-15(8-2-3-8)4-5-16-11-9(12)6-14-7-10(11)13/h6-8H,2-5,13H2,1H3. The zero-order valence-electron chi connectivity index (χ0n) is 9.32. The molecular weight excluding hydrogens is 270 g/mol. The zero-order chi connectivity index (χ0) is 11.5. The van der Waals surface area contributed by atoms with Crippen molar-refractivity contribution in [2.75, 3.05) is 25.9 Å². The van der Waals surface area contributed by atoms with Gasteiger partial charge in [0, 0.05) is 18.8 Å². The van der Waals surface area contributed by atoms with Gasteiger partial charge in [0.15, 0.2) is 5.75 Å². The number of ether oxygens (including phenoxy) is 1. The average Bonchev–Trinajstić information content (AvgIpc) is 3.05. The largest absolute Gasteiger partial charge is 0.489 e. The van der Waals surface area contributed by atoms with E-state index in [1.165, 1.54) is 12.8 Å². The molecule has 1 fully saturated rings. The molecule has 1 aliphatic rings. The normalized spacial score (nSPS) is 15.4. The molecule has 0 spiro atoms. The summed E-state index contributed by atoms with van der Waals surface area (Å²) in [5, 5.41) is 0. The van der Waals surface area contributed by atoms with Gasteiger partial charge in [-0.1, -0.05) is 0 Å². The van der Waals surface area contributed by atoms with Gasteiger partial charge < -0.3 is 15.4 Å². The SMILES string of the molecule is CN(CCOc1c(N)cncc1Br)C1CC1. The molecule has 5 heteroatoms. The number of nitrogen functional groups attached to an aromatic ring is 1. The summed E-state index contributed by atoms with van der Waals surface area (Å²) in [6.45, 7) is 1.58. The van der Waals surface area contributed by atoms with Gasteiger partial charge in [0.25, 0.3) is 0 Å². The Bertz CT molecular complexity index is 348. The fraction of sp³-hybridized carbons (Fsp3) is 0.545. The van der Waals surface area contributed by atoms with Gasteiger partial charge in [0.05, 0.1) is 16.4 Å². The van der Waals surface area contributed by atoms with Crippen LogP contribution in [-0.2, 0) is 0 Å². The predicted molar refractivity (Wildman–Crippen MR) is 67.5 cm³/mol. The number of aromatic nitrogens is 1. The molecule has 1 heterocycles. The van der Waals surface area contributed by atoms with Crippen molar-refractivity contribution in [3.8, 4) is 5.75 Å². The van der Waals surface area contributed by atoms with Crippen molar-refractivity contribution >= 4 is 21.6 Å². The number of nitrogens with zero attached hydrogens (tertiary/aromatic N) is 2. The number of rotatable bonds is 5. The van der Waals surface area contributed by atoms with Gasteiger partial charge in [-0.2, -0.15) is 0 Å². The van der Waals surface area contributed by atoms with E-state index in [1.807, 2.05) is 0 Å². The topological polar surface area (TPSA) is 51.4 Å². The number of nitrogens with two attached hydrogens (primary N) is 1. The highest BCUT2D eigenvalue weighted by molar-refractivity contribution is 9.10. The number of pyridine rings is 1. The lowest BCUT2D eigenvalue weighted by Gasteiger charge is -2.16. The van der Waals surface area contributed by atoms with E-state index in [1.54, 1.807) is 12.4 Å². The van der Waals surface area contributed by atoms with E-state index in [9.17, 15) is 0 Å². The van der Waals surface area contributed by atoms with Crippen LogP contribution in [0.1, 0.15) is 12.8 Å². The quantitative estimate of drug-likeness (QED) is 0.898. The van der Waals surface area contributed by atoms with Crippen LogP contribution in [0.15, 0.2) is 16.9 Å². The lowest BCUT2D eigenvalue weighted by Crippen LogP contribution is -2.26. The summed E-state index contributed by atoms with van der Waals surface area (Å²) < 4.78 is 6.47. The molecule has 0 saturated heterocycles. The summed E-state index contributed by atoms with van der Waals surface area (Å²) >= 11 is 3.37. The van der Waals surface area contributed by atoms with Crippen LogP contribution in [0.3, 0.4) is 0 Å². The Balaban J connectivity index is 1.84. The molecule has 88 valence electrons. The molecule has 1 aromatic heterocycles. The fourth-order valence-corrected chi connectivity index (χ4v) is 2.04. The summed E-state index contributed by atoms with van der Waals surface area (Å²) in [6, 6.07) is 0.766. The van der Waals surface area contributed by atoms with E-state index in [2.05, 4.69) is 32.9 Å². The maximum Gasteiger partial charge on any atom is 0.159 e. The maximum absolute atomic E-state index is 5.78. The maximum atomic E-state index is 5.78. The molecule has 1 saturated carbocycles. The molecule has 0 aromatic carbocycles. The van der Waals surface area contributed by atoms with Crippen LogP contribution in [0.4, 0.5) is 5.69 Å². The molecule has 0 atom stereocenters. The molecule has 2 rings (SSSR count). The van der Waals surface area contributed by atoms with Crippen molar-refractivity contribution in [1.29, 1.82) is 0 Å². The Kier molecular flexibility index (Phi) is 3.66. The molecule has 0 unspecified atom stereocenters. The van der Waals surface area contributed by atoms with Crippen LogP contribution in [0, 0.1) is 0 Å². The summed E-state index contributed by atoms with van der Waals surface area (Å²) in [5.74, 6) is 0.694. The van der Waals surface area contributed by atoms with Crippen LogP contribution in [0.25, 0.3) is 0 Å². The highest BCUT2D eigenvalue weighted by Crippen LogP contribution is 2.30.